The number of rotatable bonds is 4. The predicted molar refractivity (Wildman–Crippen MR) is 75.0 cm³/mol. The van der Waals surface area contributed by atoms with Gasteiger partial charge in [-0.15, -0.1) is 0 Å². The minimum atomic E-state index is -0.395. The monoisotopic (exact) mass is 266 g/mol. The van der Waals surface area contributed by atoms with Gasteiger partial charge in [-0.05, 0) is 5.56 Å². The normalized spacial score (nSPS) is 13.8. The lowest BCUT2D eigenvalue weighted by molar-refractivity contribution is -0.0246. The summed E-state index contributed by atoms with van der Waals surface area (Å²) >= 11 is 0. The van der Waals surface area contributed by atoms with Crippen molar-refractivity contribution in [3.05, 3.63) is 83.8 Å². The van der Waals surface area contributed by atoms with E-state index in [2.05, 4.69) is 0 Å². The molecule has 0 aromatic heterocycles. The number of Topliss-reactive ketones (excluding diaryl/α,β-unsaturated/α-hetero) is 1. The SMILES string of the molecule is O=C(Cc1ccccc1)c1ccc(C2OC=CO2)cc1. The van der Waals surface area contributed by atoms with Gasteiger partial charge in [0.15, 0.2) is 5.78 Å². The molecular formula is C17H14O3. The second-order valence-corrected chi connectivity index (χ2v) is 4.58. The van der Waals surface area contributed by atoms with Gasteiger partial charge in [0.05, 0.1) is 0 Å². The molecule has 0 spiro atoms. The largest absolute Gasteiger partial charge is 0.455 e. The first-order valence-corrected chi connectivity index (χ1v) is 6.46. The zero-order valence-corrected chi connectivity index (χ0v) is 10.9. The highest BCUT2D eigenvalue weighted by molar-refractivity contribution is 5.97. The van der Waals surface area contributed by atoms with Crippen LogP contribution in [0.1, 0.15) is 27.8 Å². The minimum absolute atomic E-state index is 0.106. The first-order chi connectivity index (χ1) is 9.83. The van der Waals surface area contributed by atoms with Crippen LogP contribution in [0.5, 0.6) is 0 Å². The number of carbonyl (C=O) groups is 1. The molecule has 0 radical (unpaired) electrons. The summed E-state index contributed by atoms with van der Waals surface area (Å²) < 4.78 is 10.5. The Morgan fingerprint density at radius 3 is 2.20 bits per heavy atom. The average Bonchev–Trinajstić information content (AvgIpc) is 3.03. The van der Waals surface area contributed by atoms with Crippen molar-refractivity contribution in [3.63, 3.8) is 0 Å². The Kier molecular flexibility index (Phi) is 3.50. The topological polar surface area (TPSA) is 35.5 Å². The van der Waals surface area contributed by atoms with Crippen molar-refractivity contribution in [2.45, 2.75) is 12.7 Å². The first-order valence-electron chi connectivity index (χ1n) is 6.46. The Hall–Kier alpha value is -2.55. The average molecular weight is 266 g/mol. The van der Waals surface area contributed by atoms with Gasteiger partial charge >= 0.3 is 0 Å². The fourth-order valence-corrected chi connectivity index (χ4v) is 2.11. The molecule has 2 aromatic rings. The molecule has 0 fully saturated rings. The molecular weight excluding hydrogens is 252 g/mol. The van der Waals surface area contributed by atoms with Gasteiger partial charge in [0.2, 0.25) is 0 Å². The van der Waals surface area contributed by atoms with E-state index in [1.807, 2.05) is 54.6 Å². The first kappa shape index (κ1) is 12.5. The Labute approximate surface area is 117 Å². The van der Waals surface area contributed by atoms with Crippen molar-refractivity contribution in [2.75, 3.05) is 0 Å². The molecule has 0 amide bonds. The fourth-order valence-electron chi connectivity index (χ4n) is 2.11. The Bertz CT molecular complexity index is 606. The minimum Gasteiger partial charge on any atom is -0.455 e. The predicted octanol–water partition coefficient (Wildman–Crippen LogP) is 3.63. The number of ether oxygens (including phenoxy) is 2. The Morgan fingerprint density at radius 1 is 0.900 bits per heavy atom. The van der Waals surface area contributed by atoms with E-state index >= 15 is 0 Å². The van der Waals surface area contributed by atoms with Crippen LogP contribution in [-0.4, -0.2) is 5.78 Å². The van der Waals surface area contributed by atoms with Gasteiger partial charge in [-0.25, -0.2) is 0 Å². The highest BCUT2D eigenvalue weighted by atomic mass is 16.7. The van der Waals surface area contributed by atoms with Gasteiger partial charge < -0.3 is 9.47 Å². The molecule has 1 aliphatic rings. The lowest BCUT2D eigenvalue weighted by Crippen LogP contribution is -2.04. The molecule has 0 saturated heterocycles. The van der Waals surface area contributed by atoms with Gasteiger partial charge in [-0.1, -0.05) is 54.6 Å². The molecule has 3 heteroatoms. The van der Waals surface area contributed by atoms with Crippen LogP contribution in [0.2, 0.25) is 0 Å². The molecule has 3 nitrogen and oxygen atoms in total. The van der Waals surface area contributed by atoms with Crippen LogP contribution in [0, 0.1) is 0 Å². The van der Waals surface area contributed by atoms with Gasteiger partial charge in [0, 0.05) is 17.5 Å². The molecule has 0 aliphatic carbocycles. The molecule has 3 rings (SSSR count). The van der Waals surface area contributed by atoms with Crippen LogP contribution in [0.15, 0.2) is 67.1 Å². The van der Waals surface area contributed by atoms with Crippen LogP contribution in [0.4, 0.5) is 0 Å². The van der Waals surface area contributed by atoms with E-state index in [9.17, 15) is 4.79 Å². The molecule has 0 saturated carbocycles. The van der Waals surface area contributed by atoms with Crippen LogP contribution in [0.25, 0.3) is 0 Å². The van der Waals surface area contributed by atoms with E-state index in [4.69, 9.17) is 9.47 Å². The summed E-state index contributed by atoms with van der Waals surface area (Å²) in [5.41, 5.74) is 2.61. The highest BCUT2D eigenvalue weighted by Crippen LogP contribution is 2.24. The number of ketones is 1. The number of hydrogen-bond acceptors (Lipinski definition) is 3. The van der Waals surface area contributed by atoms with Gasteiger partial charge in [0.1, 0.15) is 12.5 Å². The maximum Gasteiger partial charge on any atom is 0.266 e. The molecule has 0 bridgehead atoms. The number of benzene rings is 2. The standard InChI is InChI=1S/C17H14O3/c18-16(12-13-4-2-1-3-5-13)14-6-8-15(9-7-14)17-19-10-11-20-17/h1-11,17H,12H2. The second-order valence-electron chi connectivity index (χ2n) is 4.58. The smallest absolute Gasteiger partial charge is 0.266 e. The summed E-state index contributed by atoms with van der Waals surface area (Å²) in [6, 6.07) is 17.1. The van der Waals surface area contributed by atoms with Crippen molar-refractivity contribution >= 4 is 5.78 Å². The van der Waals surface area contributed by atoms with Crippen LogP contribution < -0.4 is 0 Å². The maximum absolute atomic E-state index is 12.2. The molecule has 0 N–H and O–H groups in total. The highest BCUT2D eigenvalue weighted by Gasteiger charge is 2.15. The molecule has 2 aromatic carbocycles. The lowest BCUT2D eigenvalue weighted by atomic mass is 10.0. The van der Waals surface area contributed by atoms with Gasteiger partial charge in [-0.2, -0.15) is 0 Å². The Balaban J connectivity index is 1.69. The van der Waals surface area contributed by atoms with Crippen molar-refractivity contribution in [1.82, 2.24) is 0 Å². The fraction of sp³-hybridized carbons (Fsp3) is 0.118. The molecule has 20 heavy (non-hydrogen) atoms. The van der Waals surface area contributed by atoms with Crippen LogP contribution in [0.3, 0.4) is 0 Å². The zero-order chi connectivity index (χ0) is 13.8. The third-order valence-electron chi connectivity index (χ3n) is 3.17. The van der Waals surface area contributed by atoms with Crippen molar-refractivity contribution < 1.29 is 14.3 Å². The van der Waals surface area contributed by atoms with E-state index in [1.165, 1.54) is 12.5 Å². The summed E-state index contributed by atoms with van der Waals surface area (Å²) in [4.78, 5) is 12.2. The molecule has 1 heterocycles. The van der Waals surface area contributed by atoms with Crippen LogP contribution in [-0.2, 0) is 15.9 Å². The van der Waals surface area contributed by atoms with Crippen molar-refractivity contribution in [1.29, 1.82) is 0 Å². The van der Waals surface area contributed by atoms with E-state index in [0.717, 1.165) is 11.1 Å². The summed E-state index contributed by atoms with van der Waals surface area (Å²) in [7, 11) is 0. The number of carbonyl (C=O) groups excluding carboxylic acids is 1. The Morgan fingerprint density at radius 2 is 1.55 bits per heavy atom. The maximum atomic E-state index is 12.2. The van der Waals surface area contributed by atoms with Crippen molar-refractivity contribution in [3.8, 4) is 0 Å². The summed E-state index contributed by atoms with van der Waals surface area (Å²) in [5, 5.41) is 0. The van der Waals surface area contributed by atoms with Gasteiger partial charge in [-0.3, -0.25) is 4.79 Å². The van der Waals surface area contributed by atoms with Crippen molar-refractivity contribution in [2.24, 2.45) is 0 Å². The molecule has 0 unspecified atom stereocenters. The summed E-state index contributed by atoms with van der Waals surface area (Å²) in [6.07, 6.45) is 3.05. The van der Waals surface area contributed by atoms with E-state index < -0.39 is 6.29 Å². The zero-order valence-electron chi connectivity index (χ0n) is 10.9. The van der Waals surface area contributed by atoms with E-state index in [1.54, 1.807) is 0 Å². The third-order valence-corrected chi connectivity index (χ3v) is 3.17. The molecule has 1 aliphatic heterocycles. The third kappa shape index (κ3) is 2.72. The second kappa shape index (κ2) is 5.61. The quantitative estimate of drug-likeness (QED) is 0.793. The van der Waals surface area contributed by atoms with Gasteiger partial charge in [0.25, 0.3) is 6.29 Å². The molecule has 100 valence electrons. The lowest BCUT2D eigenvalue weighted by Gasteiger charge is -2.10. The summed E-state index contributed by atoms with van der Waals surface area (Å²) in [6.45, 7) is 0. The van der Waals surface area contributed by atoms with E-state index in [-0.39, 0.29) is 5.78 Å². The molecule has 0 atom stereocenters. The van der Waals surface area contributed by atoms with E-state index in [0.29, 0.717) is 12.0 Å². The van der Waals surface area contributed by atoms with Crippen LogP contribution >= 0.6 is 0 Å². The summed E-state index contributed by atoms with van der Waals surface area (Å²) in [5.74, 6) is 0.106. The number of hydrogen-bond donors (Lipinski definition) is 0.